The fourth-order valence-electron chi connectivity index (χ4n) is 3.09. The van der Waals surface area contributed by atoms with E-state index in [1.54, 1.807) is 6.07 Å². The van der Waals surface area contributed by atoms with E-state index in [0.29, 0.717) is 11.6 Å². The van der Waals surface area contributed by atoms with E-state index in [2.05, 4.69) is 18.7 Å². The van der Waals surface area contributed by atoms with Gasteiger partial charge in [0.05, 0.1) is 6.42 Å². The maximum atomic E-state index is 13.3. The maximum Gasteiger partial charge on any atom is 0.227 e. The SMILES string of the molecule is CCC(CC)N1CCN(C(=O)Cc2ccc(O)c(F)c2)CC1. The standard InChI is InChI=1S/C17H25FN2O2/c1-3-14(4-2)19-7-9-20(10-8-19)17(22)12-13-5-6-16(21)15(18)11-13/h5-6,11,14,21H,3-4,7-10,12H2,1-2H3. The first-order chi connectivity index (χ1) is 10.5. The number of carbonyl (C=O) groups is 1. The van der Waals surface area contributed by atoms with Crippen LogP contribution in [0.15, 0.2) is 18.2 Å². The first-order valence-corrected chi connectivity index (χ1v) is 8.04. The lowest BCUT2D eigenvalue weighted by Crippen LogP contribution is -2.52. The second kappa shape index (κ2) is 7.58. The van der Waals surface area contributed by atoms with E-state index in [0.717, 1.165) is 39.0 Å². The molecule has 22 heavy (non-hydrogen) atoms. The molecular formula is C17H25FN2O2. The molecule has 1 aliphatic rings. The number of piperazine rings is 1. The van der Waals surface area contributed by atoms with Gasteiger partial charge >= 0.3 is 0 Å². The Labute approximate surface area is 131 Å². The number of phenolic OH excluding ortho intramolecular Hbond substituents is 1. The van der Waals surface area contributed by atoms with E-state index in [9.17, 15) is 14.3 Å². The van der Waals surface area contributed by atoms with Crippen LogP contribution < -0.4 is 0 Å². The monoisotopic (exact) mass is 308 g/mol. The predicted molar refractivity (Wildman–Crippen MR) is 84.3 cm³/mol. The zero-order valence-corrected chi connectivity index (χ0v) is 13.4. The molecule has 0 spiro atoms. The first kappa shape index (κ1) is 16.7. The molecule has 0 radical (unpaired) electrons. The Morgan fingerprint density at radius 3 is 2.41 bits per heavy atom. The van der Waals surface area contributed by atoms with Crippen molar-refractivity contribution in [1.82, 2.24) is 9.80 Å². The summed E-state index contributed by atoms with van der Waals surface area (Å²) in [6, 6.07) is 4.72. The summed E-state index contributed by atoms with van der Waals surface area (Å²) in [6.45, 7) is 7.67. The van der Waals surface area contributed by atoms with E-state index in [1.165, 1.54) is 12.1 Å². The Kier molecular flexibility index (Phi) is 5.77. The summed E-state index contributed by atoms with van der Waals surface area (Å²) in [4.78, 5) is 16.6. The molecular weight excluding hydrogens is 283 g/mol. The highest BCUT2D eigenvalue weighted by atomic mass is 19.1. The summed E-state index contributed by atoms with van der Waals surface area (Å²) >= 11 is 0. The maximum absolute atomic E-state index is 13.3. The third kappa shape index (κ3) is 3.97. The first-order valence-electron chi connectivity index (χ1n) is 8.04. The smallest absolute Gasteiger partial charge is 0.227 e. The molecule has 1 heterocycles. The predicted octanol–water partition coefficient (Wildman–Crippen LogP) is 2.41. The normalized spacial score (nSPS) is 16.3. The minimum absolute atomic E-state index is 0.0225. The molecule has 1 amide bonds. The molecule has 5 heteroatoms. The van der Waals surface area contributed by atoms with E-state index in [-0.39, 0.29) is 18.1 Å². The number of aromatic hydroxyl groups is 1. The van der Waals surface area contributed by atoms with Gasteiger partial charge in [0.2, 0.25) is 5.91 Å². The number of hydrogen-bond acceptors (Lipinski definition) is 3. The van der Waals surface area contributed by atoms with Gasteiger partial charge in [0.1, 0.15) is 0 Å². The van der Waals surface area contributed by atoms with Gasteiger partial charge in [-0.3, -0.25) is 9.69 Å². The lowest BCUT2D eigenvalue weighted by Gasteiger charge is -2.38. The lowest BCUT2D eigenvalue weighted by atomic mass is 10.1. The van der Waals surface area contributed by atoms with Gasteiger partial charge in [0.15, 0.2) is 11.6 Å². The van der Waals surface area contributed by atoms with Crippen molar-refractivity contribution >= 4 is 5.91 Å². The molecule has 0 bridgehead atoms. The second-order valence-corrected chi connectivity index (χ2v) is 5.85. The van der Waals surface area contributed by atoms with Crippen LogP contribution in [0, 0.1) is 5.82 Å². The van der Waals surface area contributed by atoms with Crippen LogP contribution in [-0.2, 0) is 11.2 Å². The molecule has 0 unspecified atom stereocenters. The van der Waals surface area contributed by atoms with Crippen LogP contribution in [0.3, 0.4) is 0 Å². The summed E-state index contributed by atoms with van der Waals surface area (Å²) in [5.41, 5.74) is 0.600. The third-order valence-corrected chi connectivity index (χ3v) is 4.49. The molecule has 0 aliphatic carbocycles. The quantitative estimate of drug-likeness (QED) is 0.908. The van der Waals surface area contributed by atoms with Crippen LogP contribution in [0.1, 0.15) is 32.3 Å². The fraction of sp³-hybridized carbons (Fsp3) is 0.588. The Morgan fingerprint density at radius 2 is 1.86 bits per heavy atom. The largest absolute Gasteiger partial charge is 0.505 e. The highest BCUT2D eigenvalue weighted by molar-refractivity contribution is 5.79. The van der Waals surface area contributed by atoms with E-state index in [1.807, 2.05) is 4.90 Å². The number of hydrogen-bond donors (Lipinski definition) is 1. The van der Waals surface area contributed by atoms with E-state index >= 15 is 0 Å². The van der Waals surface area contributed by atoms with E-state index in [4.69, 9.17) is 0 Å². The Morgan fingerprint density at radius 1 is 1.23 bits per heavy atom. The number of benzene rings is 1. The van der Waals surface area contributed by atoms with Crippen LogP contribution in [-0.4, -0.2) is 53.0 Å². The molecule has 4 nitrogen and oxygen atoms in total. The highest BCUT2D eigenvalue weighted by Crippen LogP contribution is 2.18. The van der Waals surface area contributed by atoms with Crippen molar-refractivity contribution in [2.24, 2.45) is 0 Å². The van der Waals surface area contributed by atoms with Crippen molar-refractivity contribution < 1.29 is 14.3 Å². The van der Waals surface area contributed by atoms with Crippen molar-refractivity contribution in [2.45, 2.75) is 39.2 Å². The van der Waals surface area contributed by atoms with Gasteiger partial charge in [-0.25, -0.2) is 4.39 Å². The average Bonchev–Trinajstić information content (AvgIpc) is 2.53. The molecule has 1 aliphatic heterocycles. The van der Waals surface area contributed by atoms with Crippen LogP contribution in [0.2, 0.25) is 0 Å². The van der Waals surface area contributed by atoms with Crippen LogP contribution >= 0.6 is 0 Å². The summed E-state index contributed by atoms with van der Waals surface area (Å²) in [6.07, 6.45) is 2.46. The number of carbonyl (C=O) groups excluding carboxylic acids is 1. The minimum Gasteiger partial charge on any atom is -0.505 e. The van der Waals surface area contributed by atoms with Gasteiger partial charge < -0.3 is 10.0 Å². The molecule has 1 N–H and O–H groups in total. The van der Waals surface area contributed by atoms with Gasteiger partial charge in [0, 0.05) is 32.2 Å². The van der Waals surface area contributed by atoms with E-state index < -0.39 is 5.82 Å². The van der Waals surface area contributed by atoms with Gasteiger partial charge in [-0.1, -0.05) is 19.9 Å². The molecule has 1 saturated heterocycles. The number of phenols is 1. The highest BCUT2D eigenvalue weighted by Gasteiger charge is 2.24. The molecule has 122 valence electrons. The number of amides is 1. The Bertz CT molecular complexity index is 509. The molecule has 1 fully saturated rings. The summed E-state index contributed by atoms with van der Waals surface area (Å²) in [7, 11) is 0. The van der Waals surface area contributed by atoms with Crippen LogP contribution in [0.4, 0.5) is 4.39 Å². The molecule has 1 aromatic carbocycles. The lowest BCUT2D eigenvalue weighted by molar-refractivity contribution is -0.132. The summed E-state index contributed by atoms with van der Waals surface area (Å²) < 4.78 is 13.3. The molecule has 0 aromatic heterocycles. The van der Waals surface area contributed by atoms with Crippen molar-refractivity contribution in [1.29, 1.82) is 0 Å². The van der Waals surface area contributed by atoms with Gasteiger partial charge in [-0.15, -0.1) is 0 Å². The fourth-order valence-corrected chi connectivity index (χ4v) is 3.09. The zero-order valence-electron chi connectivity index (χ0n) is 13.4. The van der Waals surface area contributed by atoms with Gasteiger partial charge in [0.25, 0.3) is 0 Å². The summed E-state index contributed by atoms with van der Waals surface area (Å²) in [5, 5.41) is 9.18. The minimum atomic E-state index is -0.677. The number of nitrogens with zero attached hydrogens (tertiary/aromatic N) is 2. The molecule has 2 rings (SSSR count). The van der Waals surface area contributed by atoms with Gasteiger partial charge in [-0.2, -0.15) is 0 Å². The summed E-state index contributed by atoms with van der Waals surface area (Å²) in [5.74, 6) is -1.03. The Hall–Kier alpha value is -1.62. The topological polar surface area (TPSA) is 43.8 Å². The van der Waals surface area contributed by atoms with Crippen molar-refractivity contribution in [3.8, 4) is 5.75 Å². The third-order valence-electron chi connectivity index (χ3n) is 4.49. The Balaban J connectivity index is 1.88. The van der Waals surface area contributed by atoms with Crippen molar-refractivity contribution in [3.63, 3.8) is 0 Å². The van der Waals surface area contributed by atoms with Crippen molar-refractivity contribution in [3.05, 3.63) is 29.6 Å². The van der Waals surface area contributed by atoms with Gasteiger partial charge in [-0.05, 0) is 30.5 Å². The van der Waals surface area contributed by atoms with Crippen LogP contribution in [0.25, 0.3) is 0 Å². The zero-order chi connectivity index (χ0) is 16.1. The molecule has 0 saturated carbocycles. The average molecular weight is 308 g/mol. The second-order valence-electron chi connectivity index (χ2n) is 5.85. The number of halogens is 1. The molecule has 0 atom stereocenters. The van der Waals surface area contributed by atoms with Crippen LogP contribution in [0.5, 0.6) is 5.75 Å². The number of rotatable bonds is 5. The molecule has 1 aromatic rings. The van der Waals surface area contributed by atoms with Crippen molar-refractivity contribution in [2.75, 3.05) is 26.2 Å².